The summed E-state index contributed by atoms with van der Waals surface area (Å²) in [5.41, 5.74) is 4.28. The van der Waals surface area contributed by atoms with E-state index in [1.165, 1.54) is 0 Å². The molecule has 0 unspecified atom stereocenters. The number of rotatable bonds is 12. The summed E-state index contributed by atoms with van der Waals surface area (Å²) in [6.07, 6.45) is 2.33. The number of hydrogen-bond acceptors (Lipinski definition) is 8. The maximum atomic E-state index is 13.4. The third-order valence-electron chi connectivity index (χ3n) is 10.4. The molecule has 2 aliphatic carbocycles. The molecule has 0 aromatic heterocycles. The maximum absolute atomic E-state index is 13.4. The summed E-state index contributed by atoms with van der Waals surface area (Å²) in [5, 5.41) is 0. The molecule has 3 aromatic rings. The van der Waals surface area contributed by atoms with Crippen LogP contribution in [0.25, 0.3) is 22.3 Å². The fourth-order valence-electron chi connectivity index (χ4n) is 8.56. The van der Waals surface area contributed by atoms with Crippen molar-refractivity contribution in [1.82, 2.24) is 0 Å². The van der Waals surface area contributed by atoms with E-state index in [9.17, 15) is 19.2 Å². The summed E-state index contributed by atoms with van der Waals surface area (Å²) in [7, 11) is 0. The van der Waals surface area contributed by atoms with E-state index in [1.807, 2.05) is 107 Å². The van der Waals surface area contributed by atoms with Gasteiger partial charge in [-0.05, 0) is 165 Å². The van der Waals surface area contributed by atoms with Gasteiger partial charge in [0.05, 0.1) is 0 Å². The highest BCUT2D eigenvalue weighted by atomic mass is 16.6. The minimum absolute atomic E-state index is 0.156. The molecule has 0 N–H and O–H groups in total. The van der Waals surface area contributed by atoms with E-state index in [-0.39, 0.29) is 49.6 Å². The lowest BCUT2D eigenvalue weighted by Gasteiger charge is -2.34. The van der Waals surface area contributed by atoms with Gasteiger partial charge in [0.2, 0.25) is 0 Å². The quantitative estimate of drug-likeness (QED) is 0.133. The molecule has 0 spiro atoms. The molecule has 8 heteroatoms. The van der Waals surface area contributed by atoms with Crippen molar-refractivity contribution >= 4 is 23.9 Å². The maximum Gasteiger partial charge on any atom is 0.306 e. The van der Waals surface area contributed by atoms with Gasteiger partial charge in [-0.1, -0.05) is 48.5 Å². The highest BCUT2D eigenvalue weighted by Gasteiger charge is 2.49. The average molecular weight is 767 g/mol. The van der Waals surface area contributed by atoms with Crippen molar-refractivity contribution in [3.63, 3.8) is 0 Å². The van der Waals surface area contributed by atoms with Crippen molar-refractivity contribution in [2.45, 2.75) is 168 Å². The Kier molecular flexibility index (Phi) is 11.8. The zero-order valence-electron chi connectivity index (χ0n) is 35.7. The Balaban J connectivity index is 1.70. The Labute approximate surface area is 334 Å². The van der Waals surface area contributed by atoms with Crippen molar-refractivity contribution in [2.24, 2.45) is 0 Å². The summed E-state index contributed by atoms with van der Waals surface area (Å²) in [6, 6.07) is 21.0. The number of carbonyl (C=O) groups is 4. The average Bonchev–Trinajstić information content (AvgIpc) is 3.47. The van der Waals surface area contributed by atoms with Gasteiger partial charge in [-0.3, -0.25) is 19.2 Å². The first-order chi connectivity index (χ1) is 25.8. The summed E-state index contributed by atoms with van der Waals surface area (Å²) >= 11 is 0. The predicted molar refractivity (Wildman–Crippen MR) is 219 cm³/mol. The van der Waals surface area contributed by atoms with E-state index in [4.69, 9.17) is 18.9 Å². The second kappa shape index (κ2) is 15.5. The van der Waals surface area contributed by atoms with Crippen LogP contribution in [-0.4, -0.2) is 46.3 Å². The van der Waals surface area contributed by atoms with E-state index in [2.05, 4.69) is 36.4 Å². The molecule has 8 nitrogen and oxygen atoms in total. The van der Waals surface area contributed by atoms with Crippen LogP contribution in [0.3, 0.4) is 0 Å². The smallest absolute Gasteiger partial charge is 0.306 e. The molecule has 0 radical (unpaired) electrons. The van der Waals surface area contributed by atoms with Gasteiger partial charge in [0.25, 0.3) is 0 Å². The minimum atomic E-state index is -0.706. The molecule has 0 saturated carbocycles. The van der Waals surface area contributed by atoms with Crippen LogP contribution < -0.4 is 0 Å². The fraction of sp³-hybridized carbons (Fsp3) is 0.542. The number of fused-ring (bicyclic) bond motifs is 6. The first kappa shape index (κ1) is 42.7. The molecule has 3 aromatic carbocycles. The Morgan fingerprint density at radius 1 is 0.393 bits per heavy atom. The van der Waals surface area contributed by atoms with Gasteiger partial charge in [0.15, 0.2) is 0 Å². The van der Waals surface area contributed by atoms with Crippen LogP contribution >= 0.6 is 0 Å². The molecule has 0 heterocycles. The lowest BCUT2D eigenvalue weighted by atomic mass is 9.69. The first-order valence-electron chi connectivity index (χ1n) is 20.1. The predicted octanol–water partition coefficient (Wildman–Crippen LogP) is 10.7. The summed E-state index contributed by atoms with van der Waals surface area (Å²) < 4.78 is 23.2. The molecule has 5 rings (SSSR count). The van der Waals surface area contributed by atoms with Crippen molar-refractivity contribution in [1.29, 1.82) is 0 Å². The third-order valence-corrected chi connectivity index (χ3v) is 10.4. The van der Waals surface area contributed by atoms with Crippen LogP contribution in [0.4, 0.5) is 0 Å². The van der Waals surface area contributed by atoms with Crippen LogP contribution in [-0.2, 0) is 49.0 Å². The molecular weight excluding hydrogens is 705 g/mol. The summed E-state index contributed by atoms with van der Waals surface area (Å²) in [6.45, 7) is 22.4. The highest BCUT2D eigenvalue weighted by Crippen LogP contribution is 2.60. The number of carbonyl (C=O) groups excluding carboxylic acids is 4. The molecule has 0 amide bonds. The number of hydrogen-bond donors (Lipinski definition) is 0. The van der Waals surface area contributed by atoms with E-state index in [0.717, 1.165) is 44.5 Å². The Bertz CT molecular complexity index is 1770. The van der Waals surface area contributed by atoms with E-state index < -0.39 is 33.2 Å². The third kappa shape index (κ3) is 9.73. The van der Waals surface area contributed by atoms with Crippen LogP contribution in [0.5, 0.6) is 0 Å². The van der Waals surface area contributed by atoms with Crippen molar-refractivity contribution in [3.8, 4) is 22.3 Å². The van der Waals surface area contributed by atoms with Crippen LogP contribution in [0.2, 0.25) is 0 Å². The van der Waals surface area contributed by atoms with Gasteiger partial charge < -0.3 is 18.9 Å². The normalized spacial score (nSPS) is 15.2. The van der Waals surface area contributed by atoms with Gasteiger partial charge >= 0.3 is 23.9 Å². The first-order valence-corrected chi connectivity index (χ1v) is 20.1. The number of ether oxygens (including phenoxy) is 4. The standard InChI is InChI=1S/C48H62O8/c1-43(2,3)53-39(49)21-25-47(26-22-40(50)54-44(4,5)6)35-19-15-13-17-31(35)33-30-38-34(29-37(33)47)32-18-14-16-20-36(32)48(38,27-23-41(51)55-45(7,8)9)28-24-42(52)56-46(10,11)12/h13-20,29-30H,21-28H2,1-12H3. The van der Waals surface area contributed by atoms with Gasteiger partial charge in [-0.15, -0.1) is 0 Å². The Morgan fingerprint density at radius 3 is 0.893 bits per heavy atom. The monoisotopic (exact) mass is 766 g/mol. The van der Waals surface area contributed by atoms with Crippen molar-refractivity contribution in [3.05, 3.63) is 82.9 Å². The molecular formula is C48H62O8. The molecule has 0 saturated heterocycles. The minimum Gasteiger partial charge on any atom is -0.460 e. The fourth-order valence-corrected chi connectivity index (χ4v) is 8.56. The van der Waals surface area contributed by atoms with Crippen LogP contribution in [0.15, 0.2) is 60.7 Å². The molecule has 56 heavy (non-hydrogen) atoms. The van der Waals surface area contributed by atoms with Gasteiger partial charge in [-0.25, -0.2) is 0 Å². The second-order valence-corrected chi connectivity index (χ2v) is 19.5. The molecule has 302 valence electrons. The lowest BCUT2D eigenvalue weighted by Crippen LogP contribution is -2.32. The van der Waals surface area contributed by atoms with E-state index in [0.29, 0.717) is 25.7 Å². The van der Waals surface area contributed by atoms with Crippen molar-refractivity contribution in [2.75, 3.05) is 0 Å². The molecule has 0 bridgehead atoms. The van der Waals surface area contributed by atoms with E-state index >= 15 is 0 Å². The molecule has 0 fully saturated rings. The second-order valence-electron chi connectivity index (χ2n) is 19.5. The van der Waals surface area contributed by atoms with Gasteiger partial charge in [0.1, 0.15) is 22.4 Å². The molecule has 0 atom stereocenters. The van der Waals surface area contributed by atoms with E-state index in [1.54, 1.807) is 0 Å². The summed E-state index contributed by atoms with van der Waals surface area (Å²) in [4.78, 5) is 53.5. The number of benzene rings is 3. The molecule has 2 aliphatic rings. The highest BCUT2D eigenvalue weighted by molar-refractivity contribution is 5.91. The zero-order chi connectivity index (χ0) is 41.5. The Morgan fingerprint density at radius 2 is 0.643 bits per heavy atom. The topological polar surface area (TPSA) is 105 Å². The van der Waals surface area contributed by atoms with Gasteiger partial charge in [-0.2, -0.15) is 0 Å². The van der Waals surface area contributed by atoms with Crippen molar-refractivity contribution < 1.29 is 38.1 Å². The number of esters is 4. The lowest BCUT2D eigenvalue weighted by molar-refractivity contribution is -0.157. The summed E-state index contributed by atoms with van der Waals surface area (Å²) in [5.74, 6) is -1.19. The van der Waals surface area contributed by atoms with Gasteiger partial charge in [0, 0.05) is 36.5 Å². The Hall–Kier alpha value is -4.46. The SMILES string of the molecule is CC(C)(C)OC(=O)CCC1(CCC(=O)OC(C)(C)C)c2ccccc2-c2cc3c(cc21)-c1ccccc1C3(CCC(=O)OC(C)(C)C)CCC(=O)OC(C)(C)C. The van der Waals surface area contributed by atoms with Crippen LogP contribution in [0.1, 0.15) is 157 Å². The molecule has 0 aliphatic heterocycles. The largest absolute Gasteiger partial charge is 0.460 e. The zero-order valence-corrected chi connectivity index (χ0v) is 35.7. The van der Waals surface area contributed by atoms with Crippen LogP contribution in [0, 0.1) is 0 Å².